The molecule has 0 aliphatic carbocycles. The van der Waals surface area contributed by atoms with Gasteiger partial charge in [-0.25, -0.2) is 0 Å². The van der Waals surface area contributed by atoms with E-state index in [2.05, 4.69) is 217 Å². The monoisotopic (exact) mass is 829 g/mol. The summed E-state index contributed by atoms with van der Waals surface area (Å²) in [6.45, 7) is 0. The third kappa shape index (κ3) is 6.20. The van der Waals surface area contributed by atoms with Gasteiger partial charge in [-0.2, -0.15) is 0 Å². The summed E-state index contributed by atoms with van der Waals surface area (Å²) >= 11 is 0. The topological polar surface area (TPSA) is 29.5 Å². The largest absolute Gasteiger partial charge is 0.456 e. The number of anilines is 3. The Morgan fingerprint density at radius 1 is 0.262 bits per heavy atom. The molecule has 13 aromatic rings. The van der Waals surface area contributed by atoms with Crippen LogP contribution in [-0.2, 0) is 0 Å². The standard InChI is InChI=1S/C62H39NO2/c1-2-12-41(13-3-1)50-35-30-45(49-18-10-20-52-48-15-5-4-14-42(48)28-36-53(49)52)38-58(50)63(46-31-24-40(25-32-46)44-29-37-56-54-16-6-8-22-59(54)64-61(56)39-44)47-33-26-43(27-34-47)51-19-11-21-57-55-17-7-9-23-60(55)65-62(51)57/h1-39H. The van der Waals surface area contributed by atoms with Crippen LogP contribution in [0.25, 0.3) is 110 Å². The number of para-hydroxylation sites is 3. The van der Waals surface area contributed by atoms with Crippen LogP contribution in [-0.4, -0.2) is 0 Å². The van der Waals surface area contributed by atoms with Crippen LogP contribution in [0.1, 0.15) is 0 Å². The highest BCUT2D eigenvalue weighted by molar-refractivity contribution is 6.13. The Hall–Kier alpha value is -8.66. The molecular formula is C62H39NO2. The highest BCUT2D eigenvalue weighted by atomic mass is 16.3. The molecule has 0 saturated heterocycles. The fourth-order valence-corrected chi connectivity index (χ4v) is 9.94. The minimum absolute atomic E-state index is 0.888. The Morgan fingerprint density at radius 2 is 0.815 bits per heavy atom. The van der Waals surface area contributed by atoms with Gasteiger partial charge < -0.3 is 13.7 Å². The quantitative estimate of drug-likeness (QED) is 0.150. The first-order valence-corrected chi connectivity index (χ1v) is 22.1. The smallest absolute Gasteiger partial charge is 0.143 e. The molecule has 0 N–H and O–H groups in total. The lowest BCUT2D eigenvalue weighted by atomic mass is 9.92. The van der Waals surface area contributed by atoms with Gasteiger partial charge in [0.05, 0.1) is 5.69 Å². The molecule has 3 nitrogen and oxygen atoms in total. The van der Waals surface area contributed by atoms with Gasteiger partial charge in [0.1, 0.15) is 22.3 Å². The first-order valence-electron chi connectivity index (χ1n) is 22.1. The van der Waals surface area contributed by atoms with Crippen LogP contribution >= 0.6 is 0 Å². The molecule has 65 heavy (non-hydrogen) atoms. The summed E-state index contributed by atoms with van der Waals surface area (Å²) in [4.78, 5) is 2.41. The highest BCUT2D eigenvalue weighted by Gasteiger charge is 2.21. The van der Waals surface area contributed by atoms with E-state index in [9.17, 15) is 0 Å². The minimum atomic E-state index is 0.888. The van der Waals surface area contributed by atoms with Gasteiger partial charge in [-0.05, 0) is 110 Å². The summed E-state index contributed by atoms with van der Waals surface area (Å²) in [7, 11) is 0. The maximum absolute atomic E-state index is 6.50. The molecule has 0 spiro atoms. The molecule has 2 heterocycles. The third-order valence-electron chi connectivity index (χ3n) is 13.1. The van der Waals surface area contributed by atoms with Crippen LogP contribution in [0.5, 0.6) is 0 Å². The van der Waals surface area contributed by atoms with Crippen molar-refractivity contribution < 1.29 is 8.83 Å². The van der Waals surface area contributed by atoms with Crippen LogP contribution in [0.2, 0.25) is 0 Å². The first kappa shape index (κ1) is 36.9. The zero-order valence-corrected chi connectivity index (χ0v) is 35.3. The Balaban J connectivity index is 0.988. The van der Waals surface area contributed by atoms with Crippen molar-refractivity contribution in [3.8, 4) is 44.5 Å². The van der Waals surface area contributed by atoms with E-state index >= 15 is 0 Å². The van der Waals surface area contributed by atoms with Crippen LogP contribution < -0.4 is 4.90 Å². The van der Waals surface area contributed by atoms with Gasteiger partial charge in [0, 0.05) is 44.0 Å². The van der Waals surface area contributed by atoms with Crippen LogP contribution in [0.4, 0.5) is 17.1 Å². The SMILES string of the molecule is c1ccc(-c2ccc(-c3cccc4c3ccc3ccccc34)cc2N(c2ccc(-c3ccc4c(c3)oc3ccccc34)cc2)c2ccc(-c3cccc4c3oc3ccccc34)cc2)cc1. The van der Waals surface area contributed by atoms with E-state index in [0.29, 0.717) is 0 Å². The second-order valence-electron chi connectivity index (χ2n) is 16.8. The minimum Gasteiger partial charge on any atom is -0.456 e. The maximum Gasteiger partial charge on any atom is 0.143 e. The van der Waals surface area contributed by atoms with Crippen LogP contribution in [0, 0.1) is 0 Å². The normalized spacial score (nSPS) is 11.7. The van der Waals surface area contributed by atoms with E-state index < -0.39 is 0 Å². The molecule has 0 aliphatic rings. The van der Waals surface area contributed by atoms with Gasteiger partial charge in [-0.1, -0.05) is 182 Å². The fourth-order valence-electron chi connectivity index (χ4n) is 9.94. The Labute approximate surface area is 375 Å². The molecule has 11 aromatic carbocycles. The number of hydrogen-bond donors (Lipinski definition) is 0. The lowest BCUT2D eigenvalue weighted by Crippen LogP contribution is -2.11. The molecule has 0 atom stereocenters. The molecule has 0 fully saturated rings. The van der Waals surface area contributed by atoms with Crippen LogP contribution in [0.15, 0.2) is 245 Å². The van der Waals surface area contributed by atoms with E-state index in [4.69, 9.17) is 8.83 Å². The molecule has 0 amide bonds. The molecule has 0 bridgehead atoms. The summed E-state index contributed by atoms with van der Waals surface area (Å²) in [6.07, 6.45) is 0. The highest BCUT2D eigenvalue weighted by Crippen LogP contribution is 2.46. The Bertz CT molecular complexity index is 3930. The van der Waals surface area contributed by atoms with Crippen molar-refractivity contribution in [1.29, 1.82) is 0 Å². The van der Waals surface area contributed by atoms with E-state index in [0.717, 1.165) is 99.9 Å². The van der Waals surface area contributed by atoms with Crippen molar-refractivity contribution in [3.05, 3.63) is 237 Å². The summed E-state index contributed by atoms with van der Waals surface area (Å²) in [5.74, 6) is 0. The molecule has 2 aromatic heterocycles. The van der Waals surface area contributed by atoms with Gasteiger partial charge in [0.15, 0.2) is 0 Å². The second-order valence-corrected chi connectivity index (χ2v) is 16.8. The molecule has 0 saturated carbocycles. The van der Waals surface area contributed by atoms with Crippen molar-refractivity contribution in [2.75, 3.05) is 4.90 Å². The Morgan fingerprint density at radius 3 is 1.60 bits per heavy atom. The van der Waals surface area contributed by atoms with Crippen molar-refractivity contribution >= 4 is 82.5 Å². The third-order valence-corrected chi connectivity index (χ3v) is 13.1. The van der Waals surface area contributed by atoms with Gasteiger partial charge in [-0.3, -0.25) is 0 Å². The number of benzene rings is 11. The average molecular weight is 830 g/mol. The number of rotatable bonds is 7. The molecule has 0 unspecified atom stereocenters. The van der Waals surface area contributed by atoms with Gasteiger partial charge in [0.2, 0.25) is 0 Å². The summed E-state index contributed by atoms with van der Waals surface area (Å²) in [5.41, 5.74) is 15.8. The maximum atomic E-state index is 6.50. The predicted octanol–water partition coefficient (Wildman–Crippen LogP) is 17.9. The van der Waals surface area contributed by atoms with E-state index in [1.807, 2.05) is 24.3 Å². The van der Waals surface area contributed by atoms with E-state index in [1.165, 1.54) is 27.1 Å². The summed E-state index contributed by atoms with van der Waals surface area (Å²) in [6, 6.07) is 84.9. The molecule has 3 heteroatoms. The zero-order valence-electron chi connectivity index (χ0n) is 35.3. The predicted molar refractivity (Wildman–Crippen MR) is 272 cm³/mol. The fraction of sp³-hybridized carbons (Fsp3) is 0. The molecule has 0 radical (unpaired) electrons. The number of nitrogens with zero attached hydrogens (tertiary/aromatic N) is 1. The lowest BCUT2D eigenvalue weighted by Gasteiger charge is -2.29. The second kappa shape index (κ2) is 15.0. The van der Waals surface area contributed by atoms with E-state index in [-0.39, 0.29) is 0 Å². The van der Waals surface area contributed by atoms with E-state index in [1.54, 1.807) is 0 Å². The molecule has 13 rings (SSSR count). The van der Waals surface area contributed by atoms with Crippen molar-refractivity contribution in [3.63, 3.8) is 0 Å². The number of fused-ring (bicyclic) bond motifs is 9. The average Bonchev–Trinajstić information content (AvgIpc) is 3.95. The van der Waals surface area contributed by atoms with Crippen molar-refractivity contribution in [2.45, 2.75) is 0 Å². The van der Waals surface area contributed by atoms with Crippen molar-refractivity contribution in [1.82, 2.24) is 0 Å². The molecule has 0 aliphatic heterocycles. The van der Waals surface area contributed by atoms with Crippen molar-refractivity contribution in [2.24, 2.45) is 0 Å². The van der Waals surface area contributed by atoms with Gasteiger partial charge >= 0.3 is 0 Å². The van der Waals surface area contributed by atoms with Gasteiger partial charge in [-0.15, -0.1) is 0 Å². The zero-order chi connectivity index (χ0) is 42.8. The number of hydrogen-bond acceptors (Lipinski definition) is 3. The first-order chi connectivity index (χ1) is 32.2. The Kier molecular flexibility index (Phi) is 8.53. The molecule has 304 valence electrons. The van der Waals surface area contributed by atoms with Gasteiger partial charge in [0.25, 0.3) is 0 Å². The summed E-state index contributed by atoms with van der Waals surface area (Å²) < 4.78 is 12.8. The summed E-state index contributed by atoms with van der Waals surface area (Å²) in [5, 5.41) is 9.48. The lowest BCUT2D eigenvalue weighted by molar-refractivity contribution is 0.669. The van der Waals surface area contributed by atoms with Crippen LogP contribution in [0.3, 0.4) is 0 Å². The molecular weight excluding hydrogens is 791 g/mol. The number of furan rings is 2.